The van der Waals surface area contributed by atoms with Crippen LogP contribution in [0.4, 0.5) is 0 Å². The molecule has 2 aliphatic rings. The number of likely N-dealkylation sites (tertiary alicyclic amines) is 1. The molecule has 2 heterocycles. The molecule has 0 bridgehead atoms. The molecule has 1 aromatic rings. The quantitative estimate of drug-likeness (QED) is 0.603. The van der Waals surface area contributed by atoms with Crippen LogP contribution in [-0.2, 0) is 22.6 Å². The summed E-state index contributed by atoms with van der Waals surface area (Å²) in [5.41, 5.74) is 2.26. The summed E-state index contributed by atoms with van der Waals surface area (Å²) < 4.78 is 5.81. The van der Waals surface area contributed by atoms with Crippen molar-refractivity contribution in [2.45, 2.75) is 51.3 Å². The summed E-state index contributed by atoms with van der Waals surface area (Å²) in [5.74, 6) is 1.04. The van der Waals surface area contributed by atoms with Gasteiger partial charge in [-0.2, -0.15) is 0 Å². The van der Waals surface area contributed by atoms with Gasteiger partial charge in [-0.3, -0.25) is 9.79 Å². The van der Waals surface area contributed by atoms with E-state index in [1.807, 2.05) is 4.90 Å². The second kappa shape index (κ2) is 8.54. The highest BCUT2D eigenvalue weighted by Crippen LogP contribution is 2.23. The van der Waals surface area contributed by atoms with Gasteiger partial charge < -0.3 is 20.3 Å². The average Bonchev–Trinajstić information content (AvgIpc) is 3.25. The van der Waals surface area contributed by atoms with Crippen molar-refractivity contribution in [2.75, 3.05) is 26.7 Å². The van der Waals surface area contributed by atoms with Crippen LogP contribution < -0.4 is 10.6 Å². The molecule has 1 aromatic carbocycles. The summed E-state index contributed by atoms with van der Waals surface area (Å²) in [7, 11) is 1.78. The van der Waals surface area contributed by atoms with Crippen LogP contribution in [0.25, 0.3) is 0 Å². The first-order valence-electron chi connectivity index (χ1n) is 9.52. The number of aliphatic imine (C=N–C) groups is 1. The largest absolute Gasteiger partial charge is 0.373 e. The zero-order valence-electron chi connectivity index (χ0n) is 15.9. The minimum absolute atomic E-state index is 0.0974. The Labute approximate surface area is 156 Å². The first-order valence-corrected chi connectivity index (χ1v) is 9.52. The third kappa shape index (κ3) is 4.97. The second-order valence-corrected chi connectivity index (χ2v) is 7.42. The Morgan fingerprint density at radius 2 is 2.15 bits per heavy atom. The van der Waals surface area contributed by atoms with E-state index in [0.717, 1.165) is 44.9 Å². The van der Waals surface area contributed by atoms with Crippen LogP contribution in [0, 0.1) is 0 Å². The molecule has 26 heavy (non-hydrogen) atoms. The molecule has 6 heteroatoms. The topological polar surface area (TPSA) is 66.0 Å². The van der Waals surface area contributed by atoms with E-state index in [1.165, 1.54) is 11.1 Å². The molecule has 2 saturated heterocycles. The summed E-state index contributed by atoms with van der Waals surface area (Å²) in [6, 6.07) is 8.39. The maximum Gasteiger partial charge on any atom is 0.222 e. The maximum atomic E-state index is 11.8. The predicted molar refractivity (Wildman–Crippen MR) is 103 cm³/mol. The number of carbonyl (C=O) groups excluding carboxylic acids is 1. The van der Waals surface area contributed by atoms with E-state index >= 15 is 0 Å². The van der Waals surface area contributed by atoms with Gasteiger partial charge in [-0.05, 0) is 37.3 Å². The van der Waals surface area contributed by atoms with Crippen molar-refractivity contribution in [2.24, 2.45) is 4.99 Å². The van der Waals surface area contributed by atoms with E-state index in [9.17, 15) is 4.79 Å². The van der Waals surface area contributed by atoms with Crippen molar-refractivity contribution < 1.29 is 9.53 Å². The van der Waals surface area contributed by atoms with Crippen molar-refractivity contribution in [3.05, 3.63) is 35.4 Å². The minimum atomic E-state index is -0.0974. The Morgan fingerprint density at radius 3 is 2.85 bits per heavy atom. The van der Waals surface area contributed by atoms with Crippen molar-refractivity contribution in [1.82, 2.24) is 15.5 Å². The summed E-state index contributed by atoms with van der Waals surface area (Å²) >= 11 is 0. The first-order chi connectivity index (χ1) is 12.6. The molecule has 2 fully saturated rings. The van der Waals surface area contributed by atoms with E-state index in [4.69, 9.17) is 4.74 Å². The van der Waals surface area contributed by atoms with Gasteiger partial charge in [0.05, 0.1) is 5.60 Å². The highest BCUT2D eigenvalue weighted by molar-refractivity contribution is 5.79. The molecule has 1 amide bonds. The molecule has 0 aromatic heterocycles. The summed E-state index contributed by atoms with van der Waals surface area (Å²) in [6.07, 6.45) is 3.86. The molecule has 2 N–H and O–H groups in total. The Balaban J connectivity index is 1.50. The fourth-order valence-electron chi connectivity index (χ4n) is 3.58. The maximum absolute atomic E-state index is 11.8. The van der Waals surface area contributed by atoms with Gasteiger partial charge in [-0.15, -0.1) is 0 Å². The fraction of sp³-hybridized carbons (Fsp3) is 0.600. The van der Waals surface area contributed by atoms with Gasteiger partial charge in [-0.1, -0.05) is 24.3 Å². The lowest BCUT2D eigenvalue weighted by atomic mass is 10.0. The summed E-state index contributed by atoms with van der Waals surface area (Å²) in [6.45, 7) is 6.01. The van der Waals surface area contributed by atoms with Gasteiger partial charge in [0, 0.05) is 46.3 Å². The van der Waals surface area contributed by atoms with Gasteiger partial charge in [0.2, 0.25) is 5.91 Å². The van der Waals surface area contributed by atoms with Crippen molar-refractivity contribution in [1.29, 1.82) is 0 Å². The normalized spacial score (nSPS) is 23.5. The lowest BCUT2D eigenvalue weighted by molar-refractivity contribution is -0.128. The van der Waals surface area contributed by atoms with E-state index in [2.05, 4.69) is 46.8 Å². The zero-order valence-corrected chi connectivity index (χ0v) is 15.9. The zero-order chi connectivity index (χ0) is 18.4. The van der Waals surface area contributed by atoms with Crippen LogP contribution in [0.15, 0.2) is 29.3 Å². The molecule has 0 radical (unpaired) electrons. The molecule has 0 spiro atoms. The Hall–Kier alpha value is -2.08. The molecule has 142 valence electrons. The van der Waals surface area contributed by atoms with E-state index in [1.54, 1.807) is 7.05 Å². The number of benzene rings is 1. The molecule has 2 aliphatic heterocycles. The van der Waals surface area contributed by atoms with Gasteiger partial charge >= 0.3 is 0 Å². The number of ether oxygens (including phenoxy) is 1. The number of carbonyl (C=O) groups is 1. The number of hydrogen-bond acceptors (Lipinski definition) is 3. The Bertz CT molecular complexity index is 653. The van der Waals surface area contributed by atoms with E-state index < -0.39 is 0 Å². The van der Waals surface area contributed by atoms with Crippen LogP contribution in [0.2, 0.25) is 0 Å². The Kier molecular flexibility index (Phi) is 6.14. The average molecular weight is 358 g/mol. The van der Waals surface area contributed by atoms with Crippen LogP contribution >= 0.6 is 0 Å². The molecule has 1 unspecified atom stereocenters. The molecule has 6 nitrogen and oxygen atoms in total. The number of nitrogens with one attached hydrogen (secondary N) is 2. The van der Waals surface area contributed by atoms with Gasteiger partial charge in [0.15, 0.2) is 5.96 Å². The highest BCUT2D eigenvalue weighted by Gasteiger charge is 2.29. The number of rotatable bonds is 6. The lowest BCUT2D eigenvalue weighted by Crippen LogP contribution is -2.45. The summed E-state index contributed by atoms with van der Waals surface area (Å²) in [4.78, 5) is 18.0. The predicted octanol–water partition coefficient (Wildman–Crippen LogP) is 2.04. The monoisotopic (exact) mass is 358 g/mol. The lowest BCUT2D eigenvalue weighted by Gasteiger charge is -2.24. The number of amides is 1. The first kappa shape index (κ1) is 18.7. The highest BCUT2D eigenvalue weighted by atomic mass is 16.5. The molecule has 3 rings (SSSR count). The van der Waals surface area contributed by atoms with Crippen molar-refractivity contribution >= 4 is 11.9 Å². The van der Waals surface area contributed by atoms with Gasteiger partial charge in [0.1, 0.15) is 0 Å². The second-order valence-electron chi connectivity index (χ2n) is 7.42. The van der Waals surface area contributed by atoms with Crippen molar-refractivity contribution in [3.63, 3.8) is 0 Å². The third-order valence-electron chi connectivity index (χ3n) is 5.15. The molecule has 1 atom stereocenters. The third-order valence-corrected chi connectivity index (χ3v) is 5.15. The van der Waals surface area contributed by atoms with Crippen LogP contribution in [-0.4, -0.2) is 49.1 Å². The minimum Gasteiger partial charge on any atom is -0.373 e. The molecule has 0 saturated carbocycles. The number of hydrogen-bond donors (Lipinski definition) is 2. The van der Waals surface area contributed by atoms with Crippen LogP contribution in [0.5, 0.6) is 0 Å². The van der Waals surface area contributed by atoms with Gasteiger partial charge in [-0.25, -0.2) is 0 Å². The molecular weight excluding hydrogens is 328 g/mol. The SMILES string of the molecule is CN=C(NCc1cccc(CN2CCCC2=O)c1)NCC1(C)CCCO1. The molecule has 0 aliphatic carbocycles. The van der Waals surface area contributed by atoms with Crippen LogP contribution in [0.1, 0.15) is 43.7 Å². The fourth-order valence-corrected chi connectivity index (χ4v) is 3.58. The molecular formula is C20H30N4O2. The number of nitrogens with zero attached hydrogens (tertiary/aromatic N) is 2. The van der Waals surface area contributed by atoms with Gasteiger partial charge in [0.25, 0.3) is 0 Å². The summed E-state index contributed by atoms with van der Waals surface area (Å²) in [5, 5.41) is 6.72. The van der Waals surface area contributed by atoms with Crippen molar-refractivity contribution in [3.8, 4) is 0 Å². The number of guanidine groups is 1. The van der Waals surface area contributed by atoms with Crippen LogP contribution in [0.3, 0.4) is 0 Å². The van der Waals surface area contributed by atoms with E-state index in [-0.39, 0.29) is 11.5 Å². The Morgan fingerprint density at radius 1 is 1.31 bits per heavy atom. The smallest absolute Gasteiger partial charge is 0.222 e. The standard InChI is InChI=1S/C20H30N4O2/c1-20(9-5-11-26-20)15-23-19(21-2)22-13-16-6-3-7-17(12-16)14-24-10-4-8-18(24)25/h3,6-7,12H,4-5,8-11,13-15H2,1-2H3,(H2,21,22,23). The van der Waals surface area contributed by atoms with E-state index in [0.29, 0.717) is 19.5 Å².